The van der Waals surface area contributed by atoms with Crippen molar-refractivity contribution < 1.29 is 4.74 Å². The third-order valence-electron chi connectivity index (χ3n) is 3.83. The minimum absolute atomic E-state index is 0.360. The maximum Gasteiger partial charge on any atom is 0.121 e. The largest absolute Gasteiger partial charge is 0.494 e. The molecule has 0 fully saturated rings. The minimum Gasteiger partial charge on any atom is -0.494 e. The van der Waals surface area contributed by atoms with E-state index in [4.69, 9.17) is 16.3 Å². The number of fused-ring (bicyclic) bond motifs is 1. The molecule has 21 heavy (non-hydrogen) atoms. The summed E-state index contributed by atoms with van der Waals surface area (Å²) in [4.78, 5) is 0. The fourth-order valence-corrected chi connectivity index (χ4v) is 3.03. The van der Waals surface area contributed by atoms with E-state index in [1.165, 1.54) is 11.1 Å². The summed E-state index contributed by atoms with van der Waals surface area (Å²) in [5, 5.41) is 4.43. The van der Waals surface area contributed by atoms with Crippen LogP contribution in [-0.2, 0) is 6.42 Å². The van der Waals surface area contributed by atoms with Gasteiger partial charge in [-0.2, -0.15) is 0 Å². The zero-order valence-electron chi connectivity index (χ0n) is 12.2. The number of ether oxygens (including phenoxy) is 1. The summed E-state index contributed by atoms with van der Waals surface area (Å²) in [6.45, 7) is 2.87. The molecule has 2 aromatic rings. The molecule has 1 aliphatic carbocycles. The van der Waals surface area contributed by atoms with Gasteiger partial charge in [-0.15, -0.1) is 0 Å². The van der Waals surface area contributed by atoms with Crippen molar-refractivity contribution in [3.63, 3.8) is 0 Å². The van der Waals surface area contributed by atoms with Crippen LogP contribution < -0.4 is 10.1 Å². The van der Waals surface area contributed by atoms with E-state index >= 15 is 0 Å². The second-order valence-electron chi connectivity index (χ2n) is 5.46. The molecular formula is C18H20ClNO. The molecule has 2 nitrogen and oxygen atoms in total. The highest BCUT2D eigenvalue weighted by Crippen LogP contribution is 2.35. The van der Waals surface area contributed by atoms with E-state index in [9.17, 15) is 0 Å². The number of halogens is 1. The number of aryl methyl sites for hydroxylation is 1. The molecule has 3 rings (SSSR count). The van der Waals surface area contributed by atoms with Gasteiger partial charge < -0.3 is 10.1 Å². The molecule has 0 heterocycles. The predicted molar refractivity (Wildman–Crippen MR) is 88.4 cm³/mol. The lowest BCUT2D eigenvalue weighted by Gasteiger charge is -2.16. The number of anilines is 1. The molecule has 1 N–H and O–H groups in total. The summed E-state index contributed by atoms with van der Waals surface area (Å²) in [7, 11) is 0. The van der Waals surface area contributed by atoms with Crippen molar-refractivity contribution in [2.75, 3.05) is 11.9 Å². The SMILES string of the molecule is CCCOc1cccc(NC2CCc3cc(Cl)ccc32)c1. The van der Waals surface area contributed by atoms with Gasteiger partial charge in [0, 0.05) is 16.8 Å². The van der Waals surface area contributed by atoms with Gasteiger partial charge in [0.15, 0.2) is 0 Å². The average molecular weight is 302 g/mol. The summed E-state index contributed by atoms with van der Waals surface area (Å²) in [6.07, 6.45) is 3.21. The summed E-state index contributed by atoms with van der Waals surface area (Å²) in [5.74, 6) is 0.927. The first-order valence-corrected chi connectivity index (χ1v) is 7.92. The Bertz CT molecular complexity index is 626. The van der Waals surface area contributed by atoms with Crippen molar-refractivity contribution in [3.05, 3.63) is 58.6 Å². The van der Waals surface area contributed by atoms with Crippen molar-refractivity contribution >= 4 is 17.3 Å². The Morgan fingerprint density at radius 2 is 2.14 bits per heavy atom. The third-order valence-corrected chi connectivity index (χ3v) is 4.07. The molecule has 0 saturated carbocycles. The van der Waals surface area contributed by atoms with Crippen LogP contribution in [0.1, 0.15) is 36.9 Å². The average Bonchev–Trinajstić information content (AvgIpc) is 2.87. The molecule has 1 aliphatic rings. The van der Waals surface area contributed by atoms with Crippen LogP contribution in [0.15, 0.2) is 42.5 Å². The summed E-state index contributed by atoms with van der Waals surface area (Å²) >= 11 is 6.06. The van der Waals surface area contributed by atoms with E-state index in [-0.39, 0.29) is 0 Å². The lowest BCUT2D eigenvalue weighted by atomic mass is 10.1. The van der Waals surface area contributed by atoms with Crippen LogP contribution in [0.2, 0.25) is 5.02 Å². The second kappa shape index (κ2) is 6.40. The van der Waals surface area contributed by atoms with E-state index < -0.39 is 0 Å². The minimum atomic E-state index is 0.360. The van der Waals surface area contributed by atoms with Crippen LogP contribution in [0.25, 0.3) is 0 Å². The Morgan fingerprint density at radius 1 is 1.24 bits per heavy atom. The summed E-state index contributed by atoms with van der Waals surface area (Å²) in [6, 6.07) is 14.8. The van der Waals surface area contributed by atoms with E-state index in [1.807, 2.05) is 18.2 Å². The van der Waals surface area contributed by atoms with Gasteiger partial charge in [0.1, 0.15) is 5.75 Å². The Labute approximate surface area is 131 Å². The van der Waals surface area contributed by atoms with Crippen LogP contribution in [0, 0.1) is 0 Å². The summed E-state index contributed by atoms with van der Waals surface area (Å²) < 4.78 is 5.69. The van der Waals surface area contributed by atoms with Crippen LogP contribution in [0.5, 0.6) is 5.75 Å². The lowest BCUT2D eigenvalue weighted by molar-refractivity contribution is 0.317. The van der Waals surface area contributed by atoms with Gasteiger partial charge in [-0.05, 0) is 54.7 Å². The molecule has 110 valence electrons. The predicted octanol–water partition coefficient (Wildman–Crippen LogP) is 5.23. The van der Waals surface area contributed by atoms with Crippen molar-refractivity contribution in [1.82, 2.24) is 0 Å². The number of nitrogens with one attached hydrogen (secondary N) is 1. The molecule has 0 spiro atoms. The number of hydrogen-bond acceptors (Lipinski definition) is 2. The second-order valence-corrected chi connectivity index (χ2v) is 5.89. The first kappa shape index (κ1) is 14.3. The van der Waals surface area contributed by atoms with E-state index in [0.29, 0.717) is 6.04 Å². The van der Waals surface area contributed by atoms with Crippen molar-refractivity contribution in [1.29, 1.82) is 0 Å². The standard InChI is InChI=1S/C18H20ClNO/c1-2-10-21-16-5-3-4-15(12-16)20-18-9-6-13-11-14(19)7-8-17(13)18/h3-5,7-8,11-12,18,20H,2,6,9-10H2,1H3. The smallest absolute Gasteiger partial charge is 0.121 e. The Kier molecular flexibility index (Phi) is 4.35. The van der Waals surface area contributed by atoms with E-state index in [0.717, 1.165) is 42.3 Å². The molecule has 3 heteroatoms. The van der Waals surface area contributed by atoms with Gasteiger partial charge in [0.2, 0.25) is 0 Å². The van der Waals surface area contributed by atoms with Gasteiger partial charge >= 0.3 is 0 Å². The summed E-state index contributed by atoms with van der Waals surface area (Å²) in [5.41, 5.74) is 3.83. The van der Waals surface area contributed by atoms with Gasteiger partial charge in [-0.1, -0.05) is 30.7 Å². The Morgan fingerprint density at radius 3 is 3.00 bits per heavy atom. The Hall–Kier alpha value is -1.67. The number of rotatable bonds is 5. The van der Waals surface area contributed by atoms with Crippen molar-refractivity contribution in [2.24, 2.45) is 0 Å². The molecule has 0 bridgehead atoms. The maximum absolute atomic E-state index is 6.06. The fourth-order valence-electron chi connectivity index (χ4n) is 2.83. The molecule has 1 unspecified atom stereocenters. The zero-order valence-corrected chi connectivity index (χ0v) is 13.0. The Balaban J connectivity index is 1.73. The molecule has 0 aliphatic heterocycles. The highest BCUT2D eigenvalue weighted by atomic mass is 35.5. The number of benzene rings is 2. The van der Waals surface area contributed by atoms with Crippen molar-refractivity contribution in [2.45, 2.75) is 32.2 Å². The van der Waals surface area contributed by atoms with Crippen LogP contribution >= 0.6 is 11.6 Å². The zero-order chi connectivity index (χ0) is 14.7. The number of hydrogen-bond donors (Lipinski definition) is 1. The van der Waals surface area contributed by atoms with Crippen LogP contribution in [0.4, 0.5) is 5.69 Å². The maximum atomic E-state index is 6.06. The highest BCUT2D eigenvalue weighted by molar-refractivity contribution is 6.30. The molecule has 0 saturated heterocycles. The monoisotopic (exact) mass is 301 g/mol. The first-order valence-electron chi connectivity index (χ1n) is 7.54. The van der Waals surface area contributed by atoms with Crippen LogP contribution in [-0.4, -0.2) is 6.61 Å². The van der Waals surface area contributed by atoms with Gasteiger partial charge in [0.05, 0.1) is 12.6 Å². The molecule has 1 atom stereocenters. The van der Waals surface area contributed by atoms with Gasteiger partial charge in [-0.25, -0.2) is 0 Å². The fraction of sp³-hybridized carbons (Fsp3) is 0.333. The molecule has 0 radical (unpaired) electrons. The topological polar surface area (TPSA) is 21.3 Å². The molecule has 0 aromatic heterocycles. The molecule has 2 aromatic carbocycles. The van der Waals surface area contributed by atoms with Gasteiger partial charge in [0.25, 0.3) is 0 Å². The first-order chi connectivity index (χ1) is 10.3. The van der Waals surface area contributed by atoms with E-state index in [2.05, 4.69) is 36.5 Å². The quantitative estimate of drug-likeness (QED) is 0.816. The highest BCUT2D eigenvalue weighted by Gasteiger charge is 2.22. The van der Waals surface area contributed by atoms with Gasteiger partial charge in [-0.3, -0.25) is 0 Å². The lowest BCUT2D eigenvalue weighted by Crippen LogP contribution is -2.07. The van der Waals surface area contributed by atoms with Crippen molar-refractivity contribution in [3.8, 4) is 5.75 Å². The molecule has 0 amide bonds. The van der Waals surface area contributed by atoms with E-state index in [1.54, 1.807) is 0 Å². The normalized spacial score (nSPS) is 16.6. The third kappa shape index (κ3) is 3.33. The van der Waals surface area contributed by atoms with Crippen LogP contribution in [0.3, 0.4) is 0 Å². The molecular weight excluding hydrogens is 282 g/mol.